The molecule has 0 radical (unpaired) electrons. The first-order valence-corrected chi connectivity index (χ1v) is 10.1. The molecule has 1 aromatic carbocycles. The number of rotatable bonds is 6. The largest absolute Gasteiger partial charge is 0.377 e. The molecule has 2 heterocycles. The molecule has 0 bridgehead atoms. The number of hydrogen-bond acceptors (Lipinski definition) is 3. The number of carbonyl (C=O) groups excluding carboxylic acids is 1. The molecule has 0 saturated carbocycles. The third-order valence-corrected chi connectivity index (χ3v) is 5.86. The summed E-state index contributed by atoms with van der Waals surface area (Å²) in [6.45, 7) is 8.00. The van der Waals surface area contributed by atoms with Gasteiger partial charge in [0.25, 0.3) is 0 Å². The van der Waals surface area contributed by atoms with E-state index in [0.717, 1.165) is 58.4 Å². The van der Waals surface area contributed by atoms with E-state index in [2.05, 4.69) is 24.3 Å². The van der Waals surface area contributed by atoms with Crippen molar-refractivity contribution in [3.8, 4) is 0 Å². The lowest BCUT2D eigenvalue weighted by atomic mass is 9.78. The molecule has 0 N–H and O–H groups in total. The summed E-state index contributed by atoms with van der Waals surface area (Å²) >= 11 is 0. The lowest BCUT2D eigenvalue weighted by molar-refractivity contribution is -0.150. The highest BCUT2D eigenvalue weighted by Gasteiger charge is 2.41. The molecule has 0 aliphatic carbocycles. The molecule has 2 saturated heterocycles. The van der Waals surface area contributed by atoms with Crippen LogP contribution in [-0.4, -0.2) is 42.7 Å². The van der Waals surface area contributed by atoms with Crippen molar-refractivity contribution in [2.75, 3.05) is 26.3 Å². The van der Waals surface area contributed by atoms with Crippen molar-refractivity contribution in [2.45, 2.75) is 58.2 Å². The van der Waals surface area contributed by atoms with Crippen LogP contribution in [0.3, 0.4) is 0 Å². The molecule has 26 heavy (non-hydrogen) atoms. The minimum absolute atomic E-state index is 0.00386. The van der Waals surface area contributed by atoms with E-state index in [1.165, 1.54) is 5.56 Å². The van der Waals surface area contributed by atoms with E-state index in [-0.39, 0.29) is 17.4 Å². The van der Waals surface area contributed by atoms with Crippen LogP contribution in [0.2, 0.25) is 0 Å². The maximum atomic E-state index is 12.2. The highest BCUT2D eigenvalue weighted by atomic mass is 16.5. The first-order valence-electron chi connectivity index (χ1n) is 10.1. The van der Waals surface area contributed by atoms with E-state index in [0.29, 0.717) is 12.5 Å². The van der Waals surface area contributed by atoms with Crippen LogP contribution in [0.15, 0.2) is 30.3 Å². The summed E-state index contributed by atoms with van der Waals surface area (Å²) in [5, 5.41) is 0. The Morgan fingerprint density at radius 1 is 1.27 bits per heavy atom. The number of piperidine rings is 1. The van der Waals surface area contributed by atoms with Crippen molar-refractivity contribution in [1.29, 1.82) is 0 Å². The number of likely N-dealkylation sites (tertiary alicyclic amines) is 1. The lowest BCUT2D eigenvalue weighted by Gasteiger charge is -2.46. The highest BCUT2D eigenvalue weighted by molar-refractivity contribution is 5.78. The van der Waals surface area contributed by atoms with Gasteiger partial charge in [0.2, 0.25) is 5.91 Å². The zero-order valence-electron chi connectivity index (χ0n) is 16.3. The second-order valence-corrected chi connectivity index (χ2v) is 8.20. The van der Waals surface area contributed by atoms with Gasteiger partial charge in [0.1, 0.15) is 0 Å². The van der Waals surface area contributed by atoms with Gasteiger partial charge in [-0.2, -0.15) is 0 Å². The van der Waals surface area contributed by atoms with Gasteiger partial charge >= 0.3 is 0 Å². The molecule has 1 unspecified atom stereocenters. The van der Waals surface area contributed by atoms with Crippen LogP contribution in [0.4, 0.5) is 0 Å². The van der Waals surface area contributed by atoms with Crippen LogP contribution >= 0.6 is 0 Å². The van der Waals surface area contributed by atoms with Crippen molar-refractivity contribution in [3.63, 3.8) is 0 Å². The van der Waals surface area contributed by atoms with Gasteiger partial charge in [-0.05, 0) is 43.6 Å². The summed E-state index contributed by atoms with van der Waals surface area (Å²) in [6.07, 6.45) is 5.31. The van der Waals surface area contributed by atoms with Crippen molar-refractivity contribution in [3.05, 3.63) is 35.9 Å². The van der Waals surface area contributed by atoms with E-state index in [9.17, 15) is 4.79 Å². The van der Waals surface area contributed by atoms with E-state index >= 15 is 0 Å². The molecular formula is C22H33NO3. The topological polar surface area (TPSA) is 38.8 Å². The third kappa shape index (κ3) is 5.08. The van der Waals surface area contributed by atoms with E-state index in [4.69, 9.17) is 9.47 Å². The maximum Gasteiger partial charge on any atom is 0.225 e. The fourth-order valence-corrected chi connectivity index (χ4v) is 4.24. The van der Waals surface area contributed by atoms with Gasteiger partial charge in [0.15, 0.2) is 0 Å². The standard InChI is InChI=1S/C22H33NO3/c1-18(2)21(24)23-12-10-22(11-13-23)16-19(9-15-26-22)8-14-25-17-20-6-4-3-5-7-20/h3-7,18-19H,8-17H2,1-2H3. The average Bonchev–Trinajstić information content (AvgIpc) is 2.66. The molecule has 2 aliphatic rings. The number of nitrogens with zero attached hydrogens (tertiary/aromatic N) is 1. The Morgan fingerprint density at radius 3 is 2.69 bits per heavy atom. The number of ether oxygens (including phenoxy) is 2. The maximum absolute atomic E-state index is 12.2. The Kier molecular flexibility index (Phi) is 6.71. The monoisotopic (exact) mass is 359 g/mol. The van der Waals surface area contributed by atoms with Gasteiger partial charge in [-0.3, -0.25) is 4.79 Å². The summed E-state index contributed by atoms with van der Waals surface area (Å²) in [4.78, 5) is 14.2. The Bertz CT molecular complexity index is 564. The predicted octanol–water partition coefficient (Wildman–Crippen LogP) is 4.04. The Hall–Kier alpha value is -1.39. The summed E-state index contributed by atoms with van der Waals surface area (Å²) in [5.74, 6) is 1.04. The molecule has 4 heteroatoms. The number of carbonyl (C=O) groups is 1. The molecule has 144 valence electrons. The Morgan fingerprint density at radius 2 is 2.00 bits per heavy atom. The van der Waals surface area contributed by atoms with Crippen molar-refractivity contribution in [2.24, 2.45) is 11.8 Å². The van der Waals surface area contributed by atoms with Gasteiger partial charge in [-0.1, -0.05) is 44.2 Å². The molecule has 3 rings (SSSR count). The van der Waals surface area contributed by atoms with Crippen LogP contribution < -0.4 is 0 Å². The highest BCUT2D eigenvalue weighted by Crippen LogP contribution is 2.39. The van der Waals surface area contributed by atoms with Crippen LogP contribution in [0.25, 0.3) is 0 Å². The Balaban J connectivity index is 1.41. The molecule has 1 amide bonds. The second kappa shape index (κ2) is 9.01. The molecule has 4 nitrogen and oxygen atoms in total. The number of amides is 1. The third-order valence-electron chi connectivity index (χ3n) is 5.86. The fourth-order valence-electron chi connectivity index (χ4n) is 4.24. The molecule has 1 aromatic rings. The molecule has 2 aliphatic heterocycles. The smallest absolute Gasteiger partial charge is 0.225 e. The molecule has 1 atom stereocenters. The van der Waals surface area contributed by atoms with Crippen molar-refractivity contribution >= 4 is 5.91 Å². The summed E-state index contributed by atoms with van der Waals surface area (Å²) in [5.41, 5.74) is 1.23. The first kappa shape index (κ1) is 19.4. The minimum atomic E-state index is -0.00386. The predicted molar refractivity (Wildman–Crippen MR) is 103 cm³/mol. The second-order valence-electron chi connectivity index (χ2n) is 8.20. The SMILES string of the molecule is CC(C)C(=O)N1CCC2(CC1)CC(CCOCc1ccccc1)CCO2. The van der Waals surface area contributed by atoms with E-state index in [1.54, 1.807) is 0 Å². The molecule has 1 spiro atoms. The van der Waals surface area contributed by atoms with Crippen LogP contribution in [0.5, 0.6) is 0 Å². The van der Waals surface area contributed by atoms with Crippen molar-refractivity contribution in [1.82, 2.24) is 4.90 Å². The molecular weight excluding hydrogens is 326 g/mol. The normalized spacial score (nSPS) is 22.7. The zero-order valence-corrected chi connectivity index (χ0v) is 16.3. The van der Waals surface area contributed by atoms with Crippen molar-refractivity contribution < 1.29 is 14.3 Å². The van der Waals surface area contributed by atoms with E-state index in [1.807, 2.05) is 24.8 Å². The minimum Gasteiger partial charge on any atom is -0.377 e. The summed E-state index contributed by atoms with van der Waals surface area (Å²) < 4.78 is 12.1. The quantitative estimate of drug-likeness (QED) is 0.720. The summed E-state index contributed by atoms with van der Waals surface area (Å²) in [6, 6.07) is 10.4. The van der Waals surface area contributed by atoms with Crippen LogP contribution in [-0.2, 0) is 20.9 Å². The van der Waals surface area contributed by atoms with Gasteiger partial charge in [-0.15, -0.1) is 0 Å². The van der Waals surface area contributed by atoms with Crippen LogP contribution in [0, 0.1) is 11.8 Å². The van der Waals surface area contributed by atoms with Gasteiger partial charge in [0, 0.05) is 32.2 Å². The number of benzene rings is 1. The first-order chi connectivity index (χ1) is 12.6. The zero-order chi connectivity index (χ0) is 18.4. The summed E-state index contributed by atoms with van der Waals surface area (Å²) in [7, 11) is 0. The van der Waals surface area contributed by atoms with Gasteiger partial charge in [-0.25, -0.2) is 0 Å². The van der Waals surface area contributed by atoms with Gasteiger partial charge in [0.05, 0.1) is 12.2 Å². The van der Waals surface area contributed by atoms with E-state index < -0.39 is 0 Å². The average molecular weight is 360 g/mol. The fraction of sp³-hybridized carbons (Fsp3) is 0.682. The van der Waals surface area contributed by atoms with Crippen LogP contribution in [0.1, 0.15) is 51.5 Å². The molecule has 0 aromatic heterocycles. The number of hydrogen-bond donors (Lipinski definition) is 0. The molecule has 2 fully saturated rings. The van der Waals surface area contributed by atoms with Gasteiger partial charge < -0.3 is 14.4 Å². The lowest BCUT2D eigenvalue weighted by Crippen LogP contribution is -2.51. The Labute approximate surface area is 157 Å².